The molecule has 1 aliphatic carbocycles. The van der Waals surface area contributed by atoms with Crippen LogP contribution < -0.4 is 15.5 Å². The maximum atomic E-state index is 16.6. The molecule has 0 aromatic heterocycles. The number of allylic oxidation sites excluding steroid dienone is 2. The zero-order valence-corrected chi connectivity index (χ0v) is 38.1. The van der Waals surface area contributed by atoms with E-state index >= 15 is 19.2 Å². The molecule has 69 heavy (non-hydrogen) atoms. The van der Waals surface area contributed by atoms with Crippen molar-refractivity contribution in [2.24, 2.45) is 5.92 Å². The van der Waals surface area contributed by atoms with E-state index in [-0.39, 0.29) is 18.0 Å². The summed E-state index contributed by atoms with van der Waals surface area (Å²) >= 11 is 0. The lowest BCUT2D eigenvalue weighted by atomic mass is 9.65. The zero-order valence-electron chi connectivity index (χ0n) is 38.1. The first-order valence-corrected chi connectivity index (χ1v) is 23.6. The minimum absolute atomic E-state index is 0.0324. The number of urea groups is 1. The summed E-state index contributed by atoms with van der Waals surface area (Å²) in [4.78, 5) is 65.9. The van der Waals surface area contributed by atoms with Crippen LogP contribution in [0.25, 0.3) is 0 Å². The number of benzene rings is 6. The Morgan fingerprint density at radius 1 is 0.754 bits per heavy atom. The van der Waals surface area contributed by atoms with E-state index in [1.807, 2.05) is 109 Å². The van der Waals surface area contributed by atoms with Crippen molar-refractivity contribution < 1.29 is 34.1 Å². The highest BCUT2D eigenvalue weighted by atomic mass is 16.6. The Morgan fingerprint density at radius 2 is 1.39 bits per heavy atom. The fraction of sp³-hybridized carbons (Fsp3) is 0.241. The van der Waals surface area contributed by atoms with Crippen LogP contribution in [0.3, 0.4) is 0 Å². The van der Waals surface area contributed by atoms with Crippen molar-refractivity contribution in [3.8, 4) is 17.6 Å². The van der Waals surface area contributed by atoms with Crippen molar-refractivity contribution >= 4 is 29.5 Å². The quantitative estimate of drug-likeness (QED) is 0.0829. The smallest absolute Gasteiger partial charge is 0.329 e. The standard InChI is InChI=1S/C58H52N4O7/c1-37(40-19-9-3-10-20-40)60-57(68)61-47-34-29-39(28-27-38-17-7-2-8-18-38)35-46(47)58(56(61)67)49(54(65)59-36-48(64)41-21-11-4-12-22-41)51-55(66)69-52(43-25-15-6-16-26-43)50(42-23-13-5-14-24-42)62(51)53(58)44-30-32-45(63)33-31-44/h3-6,9-17,19-26,29-35,37,48-53,63-64H,2,7-8,18,36H2,1H3,(H,59,65)(H,60,68)/t37-,48+,49+,50+,51+,52-,53-,58+/m1/s1. The number of aliphatic hydroxyl groups excluding tert-OH is 1. The summed E-state index contributed by atoms with van der Waals surface area (Å²) in [5.41, 5.74) is 3.39. The maximum absolute atomic E-state index is 16.6. The predicted molar refractivity (Wildman–Crippen MR) is 261 cm³/mol. The van der Waals surface area contributed by atoms with Crippen LogP contribution in [0.4, 0.5) is 10.5 Å². The Bertz CT molecular complexity index is 2970. The average molecular weight is 917 g/mol. The van der Waals surface area contributed by atoms with Gasteiger partial charge in [-0.15, -0.1) is 0 Å². The van der Waals surface area contributed by atoms with Crippen molar-refractivity contribution in [3.63, 3.8) is 0 Å². The van der Waals surface area contributed by atoms with Gasteiger partial charge in [0.05, 0.1) is 35.8 Å². The van der Waals surface area contributed by atoms with Gasteiger partial charge in [-0.05, 0) is 102 Å². The number of hydrogen-bond acceptors (Lipinski definition) is 8. The molecule has 4 N–H and O–H groups in total. The number of nitrogens with zero attached hydrogens (tertiary/aromatic N) is 2. The summed E-state index contributed by atoms with van der Waals surface area (Å²) in [6.07, 6.45) is 3.98. The van der Waals surface area contributed by atoms with Gasteiger partial charge in [0.15, 0.2) is 0 Å². The summed E-state index contributed by atoms with van der Waals surface area (Å²) in [5, 5.41) is 28.3. The lowest BCUT2D eigenvalue weighted by molar-refractivity contribution is -0.178. The van der Waals surface area contributed by atoms with Gasteiger partial charge in [0.2, 0.25) is 11.8 Å². The van der Waals surface area contributed by atoms with Gasteiger partial charge in [0, 0.05) is 12.1 Å². The monoisotopic (exact) mass is 916 g/mol. The van der Waals surface area contributed by atoms with E-state index in [0.717, 1.165) is 47.3 Å². The number of nitrogens with one attached hydrogen (secondary N) is 2. The van der Waals surface area contributed by atoms with Crippen LogP contribution in [-0.2, 0) is 24.5 Å². The molecule has 10 rings (SSSR count). The Hall–Kier alpha value is -7.78. The molecule has 0 saturated carbocycles. The average Bonchev–Trinajstić information content (AvgIpc) is 3.85. The summed E-state index contributed by atoms with van der Waals surface area (Å²) in [6, 6.07) is 44.3. The largest absolute Gasteiger partial charge is 0.508 e. The predicted octanol–water partition coefficient (Wildman–Crippen LogP) is 9.23. The third-order valence-corrected chi connectivity index (χ3v) is 14.1. The molecule has 4 aliphatic rings. The fourth-order valence-corrected chi connectivity index (χ4v) is 10.9. The van der Waals surface area contributed by atoms with E-state index in [1.165, 1.54) is 12.1 Å². The number of amides is 4. The number of aliphatic hydroxyl groups is 1. The lowest BCUT2D eigenvalue weighted by Crippen LogP contribution is -2.56. The topological polar surface area (TPSA) is 149 Å². The zero-order chi connectivity index (χ0) is 47.6. The van der Waals surface area contributed by atoms with Crippen LogP contribution in [0.15, 0.2) is 175 Å². The van der Waals surface area contributed by atoms with Crippen LogP contribution in [-0.4, -0.2) is 51.5 Å². The van der Waals surface area contributed by atoms with Crippen LogP contribution in [0.2, 0.25) is 0 Å². The van der Waals surface area contributed by atoms with Gasteiger partial charge >= 0.3 is 12.0 Å². The van der Waals surface area contributed by atoms with Crippen LogP contribution in [0.1, 0.15) is 102 Å². The third-order valence-electron chi connectivity index (χ3n) is 14.1. The number of anilines is 1. The number of carbonyl (C=O) groups is 4. The van der Waals surface area contributed by atoms with Crippen molar-refractivity contribution in [1.29, 1.82) is 0 Å². The molecule has 0 radical (unpaired) electrons. The van der Waals surface area contributed by atoms with E-state index in [4.69, 9.17) is 4.74 Å². The van der Waals surface area contributed by atoms with Gasteiger partial charge in [0.1, 0.15) is 23.3 Å². The van der Waals surface area contributed by atoms with Crippen LogP contribution in [0, 0.1) is 17.8 Å². The molecule has 3 aliphatic heterocycles. The second kappa shape index (κ2) is 19.1. The highest BCUT2D eigenvalue weighted by molar-refractivity contribution is 6.24. The molecule has 4 amide bonds. The van der Waals surface area contributed by atoms with E-state index in [0.29, 0.717) is 27.8 Å². The minimum atomic E-state index is -2.04. The number of morpholine rings is 1. The number of imide groups is 1. The molecular formula is C58H52N4O7. The van der Waals surface area contributed by atoms with Gasteiger partial charge < -0.3 is 25.6 Å². The molecule has 6 aromatic carbocycles. The Kier molecular flexibility index (Phi) is 12.4. The maximum Gasteiger partial charge on any atom is 0.329 e. The van der Waals surface area contributed by atoms with Crippen molar-refractivity contribution in [1.82, 2.24) is 15.5 Å². The number of aromatic hydroxyl groups is 1. The number of fused-ring (bicyclic) bond motifs is 3. The van der Waals surface area contributed by atoms with Crippen molar-refractivity contribution in [2.75, 3.05) is 11.4 Å². The molecule has 1 spiro atoms. The molecule has 6 aromatic rings. The Balaban J connectivity index is 1.23. The van der Waals surface area contributed by atoms with Gasteiger partial charge in [-0.3, -0.25) is 19.3 Å². The molecule has 2 fully saturated rings. The van der Waals surface area contributed by atoms with Gasteiger partial charge in [-0.25, -0.2) is 9.69 Å². The van der Waals surface area contributed by atoms with Crippen LogP contribution >= 0.6 is 0 Å². The minimum Gasteiger partial charge on any atom is -0.508 e. The summed E-state index contributed by atoms with van der Waals surface area (Å²) in [6.45, 7) is 1.58. The molecule has 11 nitrogen and oxygen atoms in total. The Morgan fingerprint density at radius 3 is 2.04 bits per heavy atom. The summed E-state index contributed by atoms with van der Waals surface area (Å²) < 4.78 is 6.58. The first-order chi connectivity index (χ1) is 33.6. The van der Waals surface area contributed by atoms with Crippen molar-refractivity contribution in [3.05, 3.63) is 214 Å². The molecule has 0 bridgehead atoms. The van der Waals surface area contributed by atoms with Crippen molar-refractivity contribution in [2.45, 2.75) is 74.4 Å². The second-order valence-electron chi connectivity index (χ2n) is 18.2. The first kappa shape index (κ1) is 45.0. The molecule has 11 heteroatoms. The normalized spacial score (nSPS) is 23.7. The summed E-state index contributed by atoms with van der Waals surface area (Å²) in [7, 11) is 0. The molecule has 3 heterocycles. The number of phenols is 1. The number of cyclic esters (lactones) is 1. The van der Waals surface area contributed by atoms with E-state index in [1.54, 1.807) is 54.6 Å². The highest BCUT2D eigenvalue weighted by Crippen LogP contribution is 2.66. The van der Waals surface area contributed by atoms with Gasteiger partial charge in [-0.1, -0.05) is 151 Å². The first-order valence-electron chi connectivity index (χ1n) is 23.6. The molecule has 8 atom stereocenters. The van der Waals surface area contributed by atoms with Gasteiger partial charge in [-0.2, -0.15) is 0 Å². The molecule has 346 valence electrons. The van der Waals surface area contributed by atoms with Gasteiger partial charge in [0.25, 0.3) is 0 Å². The number of carbonyl (C=O) groups excluding carboxylic acids is 4. The summed E-state index contributed by atoms with van der Waals surface area (Å²) in [5.74, 6) is 2.92. The molecule has 0 unspecified atom stereocenters. The second-order valence-corrected chi connectivity index (χ2v) is 18.2. The van der Waals surface area contributed by atoms with E-state index in [2.05, 4.69) is 28.6 Å². The fourth-order valence-electron chi connectivity index (χ4n) is 10.9. The van der Waals surface area contributed by atoms with E-state index < -0.39 is 71.5 Å². The SMILES string of the molecule is C[C@@H](NC(=O)N1C(=O)[C@@]2(c3cc(C#CC4=CCCCC4)ccc31)[C@H](C(=O)NC[C@H](O)c1ccccc1)[C@H]1C(=O)O[C@H](c3ccccc3)[C@H](c3ccccc3)N1[C@@H]2c1ccc(O)cc1)c1ccccc1. The number of phenolic OH excluding ortho intramolecular Hbond substituents is 1. The lowest BCUT2D eigenvalue weighted by Gasteiger charge is -2.46. The molecular weight excluding hydrogens is 865 g/mol. The third kappa shape index (κ3) is 8.26. The number of ether oxygens (including phenoxy) is 1. The molecule has 2 saturated heterocycles. The highest BCUT2D eigenvalue weighted by Gasteiger charge is 2.75. The number of rotatable bonds is 9. The number of hydrogen-bond donors (Lipinski definition) is 4. The Labute approximate surface area is 401 Å². The van der Waals surface area contributed by atoms with E-state index in [9.17, 15) is 10.2 Å². The van der Waals surface area contributed by atoms with Crippen LogP contribution in [0.5, 0.6) is 5.75 Å². The number of esters is 1.